The van der Waals surface area contributed by atoms with Gasteiger partial charge in [-0.15, -0.1) is 12.4 Å². The summed E-state index contributed by atoms with van der Waals surface area (Å²) in [5.41, 5.74) is 1.09. The van der Waals surface area contributed by atoms with Crippen molar-refractivity contribution in [3.8, 4) is 0 Å². The fourth-order valence-corrected chi connectivity index (χ4v) is 2.32. The Morgan fingerprint density at radius 3 is 1.63 bits per heavy atom. The molecule has 0 heterocycles. The van der Waals surface area contributed by atoms with Crippen LogP contribution >= 0.6 is 12.4 Å². The van der Waals surface area contributed by atoms with Gasteiger partial charge in [0.2, 0.25) is 0 Å². The first-order valence-corrected chi connectivity index (χ1v) is 6.61. The second-order valence-electron chi connectivity index (χ2n) is 4.70. The molecule has 2 aromatic rings. The molecular weight excluding hydrogens is 256 g/mol. The van der Waals surface area contributed by atoms with E-state index < -0.39 is 5.60 Å². The standard InChI is InChI=1S/C17H20O.ClH/c1-2-3-14-17(18,15-10-6-4-7-11-15)16-12-8-5-9-13-16;/h4-13,18H,2-3,14H2,1H3;1H. The lowest BCUT2D eigenvalue weighted by Crippen LogP contribution is -2.27. The lowest BCUT2D eigenvalue weighted by Gasteiger charge is -2.29. The Hall–Kier alpha value is -1.31. The van der Waals surface area contributed by atoms with Crippen molar-refractivity contribution in [2.75, 3.05) is 0 Å². The number of hydrogen-bond donors (Lipinski definition) is 1. The molecule has 0 spiro atoms. The van der Waals surface area contributed by atoms with E-state index in [4.69, 9.17) is 0 Å². The molecule has 0 fully saturated rings. The number of rotatable bonds is 5. The summed E-state index contributed by atoms with van der Waals surface area (Å²) < 4.78 is 0. The zero-order chi connectivity index (χ0) is 12.8. The Morgan fingerprint density at radius 2 is 1.26 bits per heavy atom. The van der Waals surface area contributed by atoms with Crippen molar-refractivity contribution < 1.29 is 5.11 Å². The van der Waals surface area contributed by atoms with E-state index >= 15 is 0 Å². The number of benzene rings is 2. The third-order valence-corrected chi connectivity index (χ3v) is 3.39. The maximum atomic E-state index is 11.1. The predicted octanol–water partition coefficient (Wildman–Crippen LogP) is 4.53. The first-order valence-electron chi connectivity index (χ1n) is 6.61. The third-order valence-electron chi connectivity index (χ3n) is 3.39. The smallest absolute Gasteiger partial charge is 0.115 e. The van der Waals surface area contributed by atoms with E-state index in [1.165, 1.54) is 0 Å². The van der Waals surface area contributed by atoms with Crippen LogP contribution in [0.25, 0.3) is 0 Å². The first kappa shape index (κ1) is 15.7. The van der Waals surface area contributed by atoms with E-state index in [0.29, 0.717) is 0 Å². The first-order chi connectivity index (χ1) is 8.77. The van der Waals surface area contributed by atoms with Crippen LogP contribution in [0.4, 0.5) is 0 Å². The molecule has 19 heavy (non-hydrogen) atoms. The van der Waals surface area contributed by atoms with Gasteiger partial charge in [0.25, 0.3) is 0 Å². The second kappa shape index (κ2) is 7.32. The Labute approximate surface area is 121 Å². The van der Waals surface area contributed by atoms with Gasteiger partial charge in [-0.05, 0) is 17.5 Å². The fourth-order valence-electron chi connectivity index (χ4n) is 2.32. The topological polar surface area (TPSA) is 20.2 Å². The minimum absolute atomic E-state index is 0. The van der Waals surface area contributed by atoms with Gasteiger partial charge in [-0.2, -0.15) is 0 Å². The van der Waals surface area contributed by atoms with Gasteiger partial charge in [0.05, 0.1) is 0 Å². The fraction of sp³-hybridized carbons (Fsp3) is 0.294. The lowest BCUT2D eigenvalue weighted by molar-refractivity contribution is 0.0685. The number of unbranched alkanes of at least 4 members (excludes halogenated alkanes) is 1. The molecule has 0 aliphatic heterocycles. The van der Waals surface area contributed by atoms with E-state index in [1.807, 2.05) is 60.7 Å². The molecule has 0 amide bonds. The maximum absolute atomic E-state index is 11.1. The van der Waals surface area contributed by atoms with Crippen LogP contribution in [-0.2, 0) is 5.60 Å². The monoisotopic (exact) mass is 276 g/mol. The summed E-state index contributed by atoms with van der Waals surface area (Å²) in [6.07, 6.45) is 2.86. The highest BCUT2D eigenvalue weighted by Crippen LogP contribution is 2.34. The average molecular weight is 277 g/mol. The van der Waals surface area contributed by atoms with Crippen LogP contribution in [0.5, 0.6) is 0 Å². The largest absolute Gasteiger partial charge is 0.380 e. The average Bonchev–Trinajstić information content (AvgIpc) is 2.46. The van der Waals surface area contributed by atoms with Crippen molar-refractivity contribution in [2.45, 2.75) is 31.8 Å². The van der Waals surface area contributed by atoms with Crippen molar-refractivity contribution in [1.29, 1.82) is 0 Å². The zero-order valence-electron chi connectivity index (χ0n) is 11.3. The Balaban J connectivity index is 0.00000180. The Bertz CT molecular complexity index is 428. The van der Waals surface area contributed by atoms with Gasteiger partial charge in [-0.3, -0.25) is 0 Å². The van der Waals surface area contributed by atoms with Gasteiger partial charge in [0.15, 0.2) is 0 Å². The molecule has 102 valence electrons. The number of hydrogen-bond acceptors (Lipinski definition) is 1. The summed E-state index contributed by atoms with van der Waals surface area (Å²) >= 11 is 0. The van der Waals surface area contributed by atoms with E-state index in [1.54, 1.807) is 0 Å². The summed E-state index contributed by atoms with van der Waals surface area (Å²) in [5, 5.41) is 11.1. The van der Waals surface area contributed by atoms with Crippen LogP contribution in [0.15, 0.2) is 60.7 Å². The number of halogens is 1. The third kappa shape index (κ3) is 3.59. The molecule has 0 unspecified atom stereocenters. The number of aliphatic hydroxyl groups is 1. The minimum Gasteiger partial charge on any atom is -0.380 e. The van der Waals surface area contributed by atoms with Crippen LogP contribution in [0.3, 0.4) is 0 Å². The van der Waals surface area contributed by atoms with Crippen molar-refractivity contribution in [3.05, 3.63) is 71.8 Å². The van der Waals surface area contributed by atoms with Crippen LogP contribution < -0.4 is 0 Å². The highest BCUT2D eigenvalue weighted by atomic mass is 35.5. The van der Waals surface area contributed by atoms with Crippen LogP contribution in [-0.4, -0.2) is 5.11 Å². The van der Waals surface area contributed by atoms with Crippen molar-refractivity contribution in [2.24, 2.45) is 0 Å². The molecule has 0 saturated heterocycles. The normalized spacial score (nSPS) is 10.8. The Morgan fingerprint density at radius 1 is 0.842 bits per heavy atom. The maximum Gasteiger partial charge on any atom is 0.115 e. The summed E-state index contributed by atoms with van der Waals surface area (Å²) in [7, 11) is 0. The van der Waals surface area contributed by atoms with Crippen molar-refractivity contribution in [3.63, 3.8) is 0 Å². The molecule has 0 aliphatic rings. The summed E-state index contributed by atoms with van der Waals surface area (Å²) in [6.45, 7) is 2.15. The predicted molar refractivity (Wildman–Crippen MR) is 82.7 cm³/mol. The van der Waals surface area contributed by atoms with Crippen LogP contribution in [0.1, 0.15) is 37.3 Å². The van der Waals surface area contributed by atoms with E-state index in [9.17, 15) is 5.11 Å². The molecule has 1 N–H and O–H groups in total. The SMILES string of the molecule is CCCCC(O)(c1ccccc1)c1ccccc1.Cl. The zero-order valence-corrected chi connectivity index (χ0v) is 12.1. The highest BCUT2D eigenvalue weighted by molar-refractivity contribution is 5.85. The summed E-state index contributed by atoms with van der Waals surface area (Å²) in [6, 6.07) is 19.9. The van der Waals surface area contributed by atoms with Gasteiger partial charge in [-0.25, -0.2) is 0 Å². The van der Waals surface area contributed by atoms with Gasteiger partial charge < -0.3 is 5.11 Å². The molecule has 2 aromatic carbocycles. The van der Waals surface area contributed by atoms with Crippen molar-refractivity contribution in [1.82, 2.24) is 0 Å². The van der Waals surface area contributed by atoms with Crippen molar-refractivity contribution >= 4 is 12.4 Å². The molecule has 2 rings (SSSR count). The van der Waals surface area contributed by atoms with Gasteiger partial charge in [0, 0.05) is 0 Å². The van der Waals surface area contributed by atoms with Gasteiger partial charge in [0.1, 0.15) is 5.60 Å². The molecule has 0 aliphatic carbocycles. The molecule has 0 aromatic heterocycles. The minimum atomic E-state index is -0.863. The van der Waals surface area contributed by atoms with E-state index in [2.05, 4.69) is 6.92 Å². The van der Waals surface area contributed by atoms with Crippen LogP contribution in [0, 0.1) is 0 Å². The van der Waals surface area contributed by atoms with E-state index in [0.717, 1.165) is 30.4 Å². The molecule has 0 bridgehead atoms. The van der Waals surface area contributed by atoms with Gasteiger partial charge >= 0.3 is 0 Å². The highest BCUT2D eigenvalue weighted by Gasteiger charge is 2.30. The lowest BCUT2D eigenvalue weighted by atomic mass is 9.82. The quantitative estimate of drug-likeness (QED) is 0.850. The molecule has 0 atom stereocenters. The molecule has 1 nitrogen and oxygen atoms in total. The Kier molecular flexibility index (Phi) is 6.07. The second-order valence-corrected chi connectivity index (χ2v) is 4.70. The van der Waals surface area contributed by atoms with E-state index in [-0.39, 0.29) is 12.4 Å². The molecule has 0 radical (unpaired) electrons. The summed E-state index contributed by atoms with van der Waals surface area (Å²) in [4.78, 5) is 0. The van der Waals surface area contributed by atoms with Crippen LogP contribution in [0.2, 0.25) is 0 Å². The van der Waals surface area contributed by atoms with Gasteiger partial charge in [-0.1, -0.05) is 80.4 Å². The molecule has 2 heteroatoms. The molecular formula is C17H21ClO. The summed E-state index contributed by atoms with van der Waals surface area (Å²) in [5.74, 6) is 0. The molecule has 0 saturated carbocycles.